The van der Waals surface area contributed by atoms with E-state index in [0.29, 0.717) is 11.4 Å². The van der Waals surface area contributed by atoms with Gasteiger partial charge in [0.25, 0.3) is 11.6 Å². The predicted molar refractivity (Wildman–Crippen MR) is 83.1 cm³/mol. The standard InChI is InChI=1S/C16H16N2O4/c1-11-4-3-5-14(8-11)22-10-16(19)17-15-9-13(18(20)21)7-6-12(15)2/h3-9H,10H2,1-2H3,(H,17,19). The quantitative estimate of drug-likeness (QED) is 0.679. The van der Waals surface area contributed by atoms with Crippen molar-refractivity contribution in [1.82, 2.24) is 0 Å². The van der Waals surface area contributed by atoms with Crippen molar-refractivity contribution in [1.29, 1.82) is 0 Å². The highest BCUT2D eigenvalue weighted by molar-refractivity contribution is 5.93. The second-order valence-electron chi connectivity index (χ2n) is 4.91. The van der Waals surface area contributed by atoms with Crippen LogP contribution in [0.1, 0.15) is 11.1 Å². The fourth-order valence-electron chi connectivity index (χ4n) is 1.90. The molecule has 2 rings (SSSR count). The monoisotopic (exact) mass is 300 g/mol. The zero-order valence-corrected chi connectivity index (χ0v) is 12.3. The minimum atomic E-state index is -0.502. The molecule has 6 nitrogen and oxygen atoms in total. The molecule has 0 saturated carbocycles. The molecule has 1 amide bonds. The molecule has 0 radical (unpaired) electrons. The summed E-state index contributed by atoms with van der Waals surface area (Å²) in [5, 5.41) is 13.4. The Morgan fingerprint density at radius 3 is 2.68 bits per heavy atom. The topological polar surface area (TPSA) is 81.5 Å². The maximum Gasteiger partial charge on any atom is 0.271 e. The number of non-ortho nitro benzene ring substituents is 1. The molecular weight excluding hydrogens is 284 g/mol. The van der Waals surface area contributed by atoms with Crippen molar-refractivity contribution in [2.45, 2.75) is 13.8 Å². The maximum absolute atomic E-state index is 11.9. The molecule has 0 heterocycles. The summed E-state index contributed by atoms with van der Waals surface area (Å²) in [6, 6.07) is 11.7. The SMILES string of the molecule is Cc1cccc(OCC(=O)Nc2cc([N+](=O)[O-])ccc2C)c1. The van der Waals surface area contributed by atoms with Crippen LogP contribution in [0.25, 0.3) is 0 Å². The van der Waals surface area contributed by atoms with Crippen molar-refractivity contribution in [3.8, 4) is 5.75 Å². The van der Waals surface area contributed by atoms with Crippen LogP contribution in [-0.4, -0.2) is 17.4 Å². The normalized spacial score (nSPS) is 10.1. The molecule has 0 aliphatic heterocycles. The van der Waals surface area contributed by atoms with Crippen molar-refractivity contribution in [3.63, 3.8) is 0 Å². The highest BCUT2D eigenvalue weighted by Crippen LogP contribution is 2.21. The van der Waals surface area contributed by atoms with Crippen LogP contribution in [0.3, 0.4) is 0 Å². The highest BCUT2D eigenvalue weighted by Gasteiger charge is 2.11. The number of nitro groups is 1. The number of nitro benzene ring substituents is 1. The number of carbonyl (C=O) groups is 1. The lowest BCUT2D eigenvalue weighted by Crippen LogP contribution is -2.20. The molecule has 0 unspecified atom stereocenters. The Morgan fingerprint density at radius 1 is 1.23 bits per heavy atom. The van der Waals surface area contributed by atoms with E-state index in [1.165, 1.54) is 12.1 Å². The van der Waals surface area contributed by atoms with Crippen LogP contribution in [0, 0.1) is 24.0 Å². The van der Waals surface area contributed by atoms with E-state index < -0.39 is 4.92 Å². The van der Waals surface area contributed by atoms with Gasteiger partial charge in [-0.3, -0.25) is 14.9 Å². The molecule has 0 saturated heterocycles. The molecule has 0 aliphatic rings. The van der Waals surface area contributed by atoms with Gasteiger partial charge in [0.15, 0.2) is 6.61 Å². The van der Waals surface area contributed by atoms with Gasteiger partial charge < -0.3 is 10.1 Å². The number of rotatable bonds is 5. The van der Waals surface area contributed by atoms with Gasteiger partial charge in [-0.05, 0) is 37.1 Å². The molecule has 0 aromatic heterocycles. The summed E-state index contributed by atoms with van der Waals surface area (Å²) in [6.45, 7) is 3.53. The number of hydrogen-bond donors (Lipinski definition) is 1. The number of anilines is 1. The minimum Gasteiger partial charge on any atom is -0.484 e. The third kappa shape index (κ3) is 4.05. The van der Waals surface area contributed by atoms with Crippen molar-refractivity contribution in [2.24, 2.45) is 0 Å². The summed E-state index contributed by atoms with van der Waals surface area (Å²) in [7, 11) is 0. The van der Waals surface area contributed by atoms with E-state index >= 15 is 0 Å². The Balaban J connectivity index is 2.00. The smallest absolute Gasteiger partial charge is 0.271 e. The number of nitrogens with zero attached hydrogens (tertiary/aromatic N) is 1. The Bertz CT molecular complexity index is 713. The molecule has 22 heavy (non-hydrogen) atoms. The van der Waals surface area contributed by atoms with E-state index in [0.717, 1.165) is 11.1 Å². The first-order chi connectivity index (χ1) is 10.5. The molecule has 0 fully saturated rings. The van der Waals surface area contributed by atoms with E-state index in [1.54, 1.807) is 19.1 Å². The van der Waals surface area contributed by atoms with E-state index in [4.69, 9.17) is 4.74 Å². The van der Waals surface area contributed by atoms with Gasteiger partial charge in [-0.25, -0.2) is 0 Å². The summed E-state index contributed by atoms with van der Waals surface area (Å²) in [4.78, 5) is 22.2. The average molecular weight is 300 g/mol. The number of amides is 1. The van der Waals surface area contributed by atoms with E-state index in [9.17, 15) is 14.9 Å². The lowest BCUT2D eigenvalue weighted by molar-refractivity contribution is -0.384. The molecule has 0 aliphatic carbocycles. The first kappa shape index (κ1) is 15.5. The molecule has 2 aromatic rings. The first-order valence-corrected chi connectivity index (χ1v) is 6.70. The number of ether oxygens (including phenoxy) is 1. The van der Waals surface area contributed by atoms with Crippen LogP contribution in [0.2, 0.25) is 0 Å². The Labute approximate surface area is 127 Å². The zero-order valence-electron chi connectivity index (χ0n) is 12.3. The molecule has 114 valence electrons. The number of benzene rings is 2. The van der Waals surface area contributed by atoms with Gasteiger partial charge in [0.2, 0.25) is 0 Å². The number of aryl methyl sites for hydroxylation is 2. The van der Waals surface area contributed by atoms with Crippen LogP contribution in [0.4, 0.5) is 11.4 Å². The largest absolute Gasteiger partial charge is 0.484 e. The Morgan fingerprint density at radius 2 is 2.00 bits per heavy atom. The van der Waals surface area contributed by atoms with Gasteiger partial charge in [0.1, 0.15) is 5.75 Å². The summed E-state index contributed by atoms with van der Waals surface area (Å²) in [6.07, 6.45) is 0. The zero-order chi connectivity index (χ0) is 16.1. The molecule has 0 bridgehead atoms. The van der Waals surface area contributed by atoms with E-state index in [-0.39, 0.29) is 18.2 Å². The number of carbonyl (C=O) groups excluding carboxylic acids is 1. The van der Waals surface area contributed by atoms with E-state index in [2.05, 4.69) is 5.32 Å². The second kappa shape index (κ2) is 6.71. The van der Waals surface area contributed by atoms with Crippen molar-refractivity contribution in [2.75, 3.05) is 11.9 Å². The average Bonchev–Trinajstić information content (AvgIpc) is 2.47. The maximum atomic E-state index is 11.9. The summed E-state index contributed by atoms with van der Waals surface area (Å²) in [5.74, 6) is 0.232. The third-order valence-corrected chi connectivity index (χ3v) is 3.07. The lowest BCUT2D eigenvalue weighted by Gasteiger charge is -2.10. The van der Waals surface area contributed by atoms with Crippen LogP contribution in [0.5, 0.6) is 5.75 Å². The predicted octanol–water partition coefficient (Wildman–Crippen LogP) is 3.23. The van der Waals surface area contributed by atoms with Crippen molar-refractivity contribution < 1.29 is 14.5 Å². The fraction of sp³-hybridized carbons (Fsp3) is 0.188. The summed E-state index contributed by atoms with van der Waals surface area (Å²) < 4.78 is 5.39. The fourth-order valence-corrected chi connectivity index (χ4v) is 1.90. The van der Waals surface area contributed by atoms with Gasteiger partial charge in [-0.1, -0.05) is 18.2 Å². The van der Waals surface area contributed by atoms with Crippen LogP contribution >= 0.6 is 0 Å². The van der Waals surface area contributed by atoms with Crippen molar-refractivity contribution in [3.05, 3.63) is 63.7 Å². The summed E-state index contributed by atoms with van der Waals surface area (Å²) in [5.41, 5.74) is 2.12. The van der Waals surface area contributed by atoms with Crippen LogP contribution in [-0.2, 0) is 4.79 Å². The van der Waals surface area contributed by atoms with Gasteiger partial charge >= 0.3 is 0 Å². The lowest BCUT2D eigenvalue weighted by atomic mass is 10.2. The first-order valence-electron chi connectivity index (χ1n) is 6.70. The van der Waals surface area contributed by atoms with Crippen molar-refractivity contribution >= 4 is 17.3 Å². The van der Waals surface area contributed by atoms with E-state index in [1.807, 2.05) is 25.1 Å². The van der Waals surface area contributed by atoms with Gasteiger partial charge in [-0.2, -0.15) is 0 Å². The van der Waals surface area contributed by atoms with Crippen LogP contribution < -0.4 is 10.1 Å². The summed E-state index contributed by atoms with van der Waals surface area (Å²) >= 11 is 0. The molecule has 1 N–H and O–H groups in total. The third-order valence-electron chi connectivity index (χ3n) is 3.07. The van der Waals surface area contributed by atoms with Gasteiger partial charge in [-0.15, -0.1) is 0 Å². The molecule has 6 heteroatoms. The molecular formula is C16H16N2O4. The molecule has 0 atom stereocenters. The second-order valence-corrected chi connectivity index (χ2v) is 4.91. The molecule has 0 spiro atoms. The molecule has 2 aromatic carbocycles. The number of hydrogen-bond acceptors (Lipinski definition) is 4. The Hall–Kier alpha value is -2.89. The van der Waals surface area contributed by atoms with Gasteiger partial charge in [0, 0.05) is 12.1 Å². The highest BCUT2D eigenvalue weighted by atomic mass is 16.6. The minimum absolute atomic E-state index is 0.0690. The van der Waals surface area contributed by atoms with Gasteiger partial charge in [0.05, 0.1) is 10.6 Å². The number of nitrogens with one attached hydrogen (secondary N) is 1. The Kier molecular flexibility index (Phi) is 4.73. The van der Waals surface area contributed by atoms with Crippen LogP contribution in [0.15, 0.2) is 42.5 Å².